The van der Waals surface area contributed by atoms with E-state index in [0.717, 1.165) is 30.7 Å². The molecule has 5 rings (SSSR count). The standard InChI is InChI=1S/C22H24N4O4S/c1-14-23-20-18(21(27)26(14)15-9-12-29-13-10-15)24-19(31-20)17-8-5-11-25(17)22(28)30-16-6-3-2-4-7-16/h2-4,6-7,15,17H,5,8-13H2,1H3. The summed E-state index contributed by atoms with van der Waals surface area (Å²) in [6.07, 6.45) is 2.86. The molecule has 1 unspecified atom stereocenters. The summed E-state index contributed by atoms with van der Waals surface area (Å²) < 4.78 is 12.7. The van der Waals surface area contributed by atoms with Gasteiger partial charge in [-0.3, -0.25) is 14.3 Å². The molecule has 2 saturated heterocycles. The molecule has 8 nitrogen and oxygen atoms in total. The maximum Gasteiger partial charge on any atom is 0.415 e. The Morgan fingerprint density at radius 3 is 2.71 bits per heavy atom. The Kier molecular flexibility index (Phi) is 5.45. The minimum atomic E-state index is -0.392. The van der Waals surface area contributed by atoms with E-state index in [0.29, 0.717) is 41.7 Å². The molecule has 162 valence electrons. The smallest absolute Gasteiger partial charge is 0.410 e. The monoisotopic (exact) mass is 440 g/mol. The zero-order chi connectivity index (χ0) is 21.4. The lowest BCUT2D eigenvalue weighted by Crippen LogP contribution is -2.33. The van der Waals surface area contributed by atoms with Crippen molar-refractivity contribution in [1.82, 2.24) is 19.4 Å². The van der Waals surface area contributed by atoms with Crippen LogP contribution < -0.4 is 10.3 Å². The van der Waals surface area contributed by atoms with Crippen LogP contribution in [-0.2, 0) is 4.74 Å². The van der Waals surface area contributed by atoms with Crippen LogP contribution in [-0.4, -0.2) is 45.3 Å². The molecule has 1 atom stereocenters. The molecule has 0 spiro atoms. The molecule has 0 saturated carbocycles. The molecular weight excluding hydrogens is 416 g/mol. The van der Waals surface area contributed by atoms with Crippen LogP contribution in [0.1, 0.15) is 48.6 Å². The van der Waals surface area contributed by atoms with Gasteiger partial charge in [-0.25, -0.2) is 14.8 Å². The third-order valence-electron chi connectivity index (χ3n) is 5.94. The number of amides is 1. The minimum Gasteiger partial charge on any atom is -0.410 e. The van der Waals surface area contributed by atoms with Gasteiger partial charge in [0.25, 0.3) is 5.56 Å². The second-order valence-electron chi connectivity index (χ2n) is 7.92. The van der Waals surface area contributed by atoms with Crippen molar-refractivity contribution in [3.63, 3.8) is 0 Å². The Morgan fingerprint density at radius 1 is 1.16 bits per heavy atom. The lowest BCUT2D eigenvalue weighted by molar-refractivity contribution is 0.0679. The van der Waals surface area contributed by atoms with Gasteiger partial charge in [-0.05, 0) is 44.7 Å². The molecule has 0 radical (unpaired) electrons. The summed E-state index contributed by atoms with van der Waals surface area (Å²) in [5, 5.41) is 0.742. The minimum absolute atomic E-state index is 0.0899. The number of hydrogen-bond donors (Lipinski definition) is 0. The summed E-state index contributed by atoms with van der Waals surface area (Å²) in [5.41, 5.74) is 0.286. The summed E-state index contributed by atoms with van der Waals surface area (Å²) in [6.45, 7) is 3.77. The van der Waals surface area contributed by atoms with Gasteiger partial charge in [0.05, 0.1) is 6.04 Å². The van der Waals surface area contributed by atoms with Crippen LogP contribution in [0.25, 0.3) is 10.3 Å². The van der Waals surface area contributed by atoms with Crippen molar-refractivity contribution < 1.29 is 14.3 Å². The maximum atomic E-state index is 13.3. The molecular formula is C22H24N4O4S. The first-order valence-corrected chi connectivity index (χ1v) is 11.4. The van der Waals surface area contributed by atoms with Crippen molar-refractivity contribution >= 4 is 27.8 Å². The lowest BCUT2D eigenvalue weighted by Gasteiger charge is -2.25. The Morgan fingerprint density at radius 2 is 1.94 bits per heavy atom. The van der Waals surface area contributed by atoms with Gasteiger partial charge >= 0.3 is 6.09 Å². The van der Waals surface area contributed by atoms with Crippen LogP contribution in [0.3, 0.4) is 0 Å². The Bertz CT molecular complexity index is 1150. The van der Waals surface area contributed by atoms with Gasteiger partial charge in [-0.1, -0.05) is 29.5 Å². The van der Waals surface area contributed by atoms with Gasteiger partial charge in [0.2, 0.25) is 0 Å². The number of benzene rings is 1. The highest BCUT2D eigenvalue weighted by atomic mass is 32.1. The predicted octanol–water partition coefficient (Wildman–Crippen LogP) is 3.85. The lowest BCUT2D eigenvalue weighted by atomic mass is 10.1. The van der Waals surface area contributed by atoms with Gasteiger partial charge in [-0.15, -0.1) is 0 Å². The molecule has 31 heavy (non-hydrogen) atoms. The number of thiazole rings is 1. The summed E-state index contributed by atoms with van der Waals surface area (Å²) in [5.74, 6) is 1.21. The molecule has 0 bridgehead atoms. The topological polar surface area (TPSA) is 86.6 Å². The average molecular weight is 441 g/mol. The number of para-hydroxylation sites is 1. The third kappa shape index (κ3) is 3.83. The van der Waals surface area contributed by atoms with Crippen molar-refractivity contribution in [3.05, 3.63) is 51.5 Å². The largest absolute Gasteiger partial charge is 0.415 e. The number of aromatic nitrogens is 3. The number of hydrogen-bond acceptors (Lipinski definition) is 7. The van der Waals surface area contributed by atoms with E-state index < -0.39 is 6.09 Å². The van der Waals surface area contributed by atoms with Crippen molar-refractivity contribution in [3.8, 4) is 5.75 Å². The molecule has 0 N–H and O–H groups in total. The van der Waals surface area contributed by atoms with Crippen molar-refractivity contribution in [2.75, 3.05) is 19.8 Å². The predicted molar refractivity (Wildman–Crippen MR) is 117 cm³/mol. The normalized spacial score (nSPS) is 19.8. The molecule has 2 aliphatic heterocycles. The van der Waals surface area contributed by atoms with E-state index in [4.69, 9.17) is 9.47 Å². The molecule has 9 heteroatoms. The second-order valence-corrected chi connectivity index (χ2v) is 8.93. The third-order valence-corrected chi connectivity index (χ3v) is 6.99. The van der Waals surface area contributed by atoms with E-state index in [1.54, 1.807) is 21.6 Å². The Hall–Kier alpha value is -2.78. The van der Waals surface area contributed by atoms with E-state index in [9.17, 15) is 9.59 Å². The highest BCUT2D eigenvalue weighted by Gasteiger charge is 2.34. The summed E-state index contributed by atoms with van der Waals surface area (Å²) in [7, 11) is 0. The highest BCUT2D eigenvalue weighted by molar-refractivity contribution is 7.18. The summed E-state index contributed by atoms with van der Waals surface area (Å²) in [4.78, 5) is 37.7. The maximum absolute atomic E-state index is 13.3. The van der Waals surface area contributed by atoms with Crippen LogP contribution in [0.4, 0.5) is 4.79 Å². The number of fused-ring (bicyclic) bond motifs is 1. The van der Waals surface area contributed by atoms with Gasteiger partial charge < -0.3 is 9.47 Å². The zero-order valence-electron chi connectivity index (χ0n) is 17.3. The number of likely N-dealkylation sites (tertiary alicyclic amines) is 1. The quantitative estimate of drug-likeness (QED) is 0.615. The molecule has 2 fully saturated rings. The van der Waals surface area contributed by atoms with E-state index in [1.807, 2.05) is 25.1 Å². The molecule has 2 aliphatic rings. The Labute approximate surface area is 183 Å². The fraction of sp³-hybridized carbons (Fsp3) is 0.455. The molecule has 3 aromatic rings. The van der Waals surface area contributed by atoms with E-state index in [1.165, 1.54) is 11.3 Å². The van der Waals surface area contributed by atoms with Crippen LogP contribution in [0, 0.1) is 6.92 Å². The van der Waals surface area contributed by atoms with Crippen LogP contribution in [0.15, 0.2) is 35.1 Å². The second kappa shape index (κ2) is 8.39. The molecule has 0 aliphatic carbocycles. The van der Waals surface area contributed by atoms with E-state index >= 15 is 0 Å². The number of aryl methyl sites for hydroxylation is 1. The first-order chi connectivity index (χ1) is 15.1. The van der Waals surface area contributed by atoms with Crippen molar-refractivity contribution in [1.29, 1.82) is 0 Å². The number of carbonyl (C=O) groups is 1. The fourth-order valence-corrected chi connectivity index (χ4v) is 5.53. The SMILES string of the molecule is Cc1nc2sc(C3CCCN3C(=O)Oc3ccccc3)nc2c(=O)n1C1CCOCC1. The number of nitrogens with zero attached hydrogens (tertiary/aromatic N) is 4. The average Bonchev–Trinajstić information content (AvgIpc) is 3.42. The van der Waals surface area contributed by atoms with Gasteiger partial charge in [0.15, 0.2) is 10.3 Å². The number of rotatable bonds is 3. The van der Waals surface area contributed by atoms with Gasteiger partial charge in [0.1, 0.15) is 16.6 Å². The van der Waals surface area contributed by atoms with E-state index in [-0.39, 0.29) is 17.6 Å². The van der Waals surface area contributed by atoms with Gasteiger partial charge in [0, 0.05) is 25.8 Å². The van der Waals surface area contributed by atoms with Gasteiger partial charge in [-0.2, -0.15) is 0 Å². The molecule has 1 amide bonds. The molecule has 1 aromatic carbocycles. The Balaban J connectivity index is 1.45. The molecule has 4 heterocycles. The van der Waals surface area contributed by atoms with Crippen LogP contribution >= 0.6 is 11.3 Å². The molecule has 2 aromatic heterocycles. The number of carbonyl (C=O) groups excluding carboxylic acids is 1. The van der Waals surface area contributed by atoms with Crippen LogP contribution in [0.5, 0.6) is 5.75 Å². The summed E-state index contributed by atoms with van der Waals surface area (Å²) >= 11 is 1.40. The van der Waals surface area contributed by atoms with Crippen molar-refractivity contribution in [2.45, 2.75) is 44.7 Å². The first kappa shape index (κ1) is 20.1. The zero-order valence-corrected chi connectivity index (χ0v) is 18.1. The highest BCUT2D eigenvalue weighted by Crippen LogP contribution is 2.36. The van der Waals surface area contributed by atoms with E-state index in [2.05, 4.69) is 9.97 Å². The fourth-order valence-electron chi connectivity index (χ4n) is 4.41. The summed E-state index contributed by atoms with van der Waals surface area (Å²) in [6, 6.07) is 8.93. The van der Waals surface area contributed by atoms with Crippen LogP contribution in [0.2, 0.25) is 0 Å². The first-order valence-electron chi connectivity index (χ1n) is 10.6. The number of ether oxygens (including phenoxy) is 2. The van der Waals surface area contributed by atoms with Crippen molar-refractivity contribution in [2.24, 2.45) is 0 Å².